The average Bonchev–Trinajstić information content (AvgIpc) is 2.39. The fourth-order valence-corrected chi connectivity index (χ4v) is 2.99. The third kappa shape index (κ3) is 3.34. The van der Waals surface area contributed by atoms with Crippen LogP contribution in [0.5, 0.6) is 0 Å². The molecule has 2 unspecified atom stereocenters. The largest absolute Gasteiger partial charge is 0.351 e. The first-order valence-electron chi connectivity index (χ1n) is 5.84. The van der Waals surface area contributed by atoms with Crippen LogP contribution in [0.2, 0.25) is 0 Å². The van der Waals surface area contributed by atoms with Crippen molar-refractivity contribution in [3.63, 3.8) is 0 Å². The van der Waals surface area contributed by atoms with Gasteiger partial charge in [-0.05, 0) is 31.6 Å². The van der Waals surface area contributed by atoms with E-state index in [1.807, 2.05) is 17.8 Å². The Morgan fingerprint density at radius 3 is 3.18 bits per heavy atom. The smallest absolute Gasteiger partial charge is 0.224 e. The summed E-state index contributed by atoms with van der Waals surface area (Å²) in [7, 11) is 0. The fraction of sp³-hybridized carbons (Fsp3) is 0.583. The molecule has 2 atom stereocenters. The van der Waals surface area contributed by atoms with Crippen molar-refractivity contribution >= 4 is 17.7 Å². The number of hydrogen-bond acceptors (Lipinski definition) is 5. The van der Waals surface area contributed by atoms with Crippen molar-refractivity contribution in [2.45, 2.75) is 37.0 Å². The number of nitrogens with one attached hydrogen (secondary N) is 1. The molecule has 90 valence electrons. The molecule has 0 spiro atoms. The lowest BCUT2D eigenvalue weighted by Gasteiger charge is -2.28. The van der Waals surface area contributed by atoms with Gasteiger partial charge in [0.25, 0.3) is 0 Å². The number of nitrogens with zero attached hydrogens (tertiary/aromatic N) is 3. The van der Waals surface area contributed by atoms with E-state index < -0.39 is 0 Å². The molecule has 0 saturated heterocycles. The van der Waals surface area contributed by atoms with Gasteiger partial charge in [-0.3, -0.25) is 0 Å². The Balaban J connectivity index is 1.98. The molecule has 1 fully saturated rings. The molecule has 5 heteroatoms. The number of aromatic nitrogens is 2. The molecule has 0 amide bonds. The molecule has 1 N–H and O–H groups in total. The molecule has 1 heterocycles. The highest BCUT2D eigenvalue weighted by Crippen LogP contribution is 2.28. The molecule has 1 saturated carbocycles. The van der Waals surface area contributed by atoms with Gasteiger partial charge < -0.3 is 5.32 Å². The van der Waals surface area contributed by atoms with E-state index in [4.69, 9.17) is 5.26 Å². The van der Waals surface area contributed by atoms with Crippen LogP contribution in [0.4, 0.5) is 5.95 Å². The van der Waals surface area contributed by atoms with Crippen LogP contribution in [0.25, 0.3) is 0 Å². The zero-order valence-electron chi connectivity index (χ0n) is 9.89. The Bertz CT molecular complexity index is 415. The highest BCUT2D eigenvalue weighted by molar-refractivity contribution is 7.99. The van der Waals surface area contributed by atoms with Crippen LogP contribution in [0.15, 0.2) is 12.3 Å². The predicted molar refractivity (Wildman–Crippen MR) is 69.9 cm³/mol. The van der Waals surface area contributed by atoms with E-state index in [1.54, 1.807) is 12.3 Å². The quantitative estimate of drug-likeness (QED) is 0.890. The van der Waals surface area contributed by atoms with Crippen molar-refractivity contribution in [2.24, 2.45) is 0 Å². The Kier molecular flexibility index (Phi) is 4.21. The first kappa shape index (κ1) is 12.2. The lowest BCUT2D eigenvalue weighted by atomic mass is 9.95. The molecule has 1 aliphatic rings. The van der Waals surface area contributed by atoms with Gasteiger partial charge in [0.2, 0.25) is 5.95 Å². The normalized spacial score (nSPS) is 24.0. The minimum absolute atomic E-state index is 0.416. The first-order valence-corrected chi connectivity index (χ1v) is 7.13. The first-order chi connectivity index (χ1) is 8.31. The molecule has 0 radical (unpaired) electrons. The van der Waals surface area contributed by atoms with Crippen LogP contribution in [-0.4, -0.2) is 27.5 Å². The highest BCUT2D eigenvalue weighted by atomic mass is 32.2. The molecule has 17 heavy (non-hydrogen) atoms. The number of nitriles is 1. The van der Waals surface area contributed by atoms with Crippen LogP contribution in [0.3, 0.4) is 0 Å². The molecule has 0 aromatic carbocycles. The SMILES string of the molecule is CSC1CCCC(Nc2nccc(C#N)n2)C1. The molecule has 1 aliphatic carbocycles. The number of thioether (sulfide) groups is 1. The Labute approximate surface area is 106 Å². The summed E-state index contributed by atoms with van der Waals surface area (Å²) in [5.41, 5.74) is 0.416. The molecule has 1 aromatic rings. The van der Waals surface area contributed by atoms with E-state index in [0.29, 0.717) is 17.7 Å². The van der Waals surface area contributed by atoms with E-state index in [1.165, 1.54) is 12.8 Å². The van der Waals surface area contributed by atoms with E-state index in [2.05, 4.69) is 21.5 Å². The van der Waals surface area contributed by atoms with Gasteiger partial charge in [0.15, 0.2) is 0 Å². The molecule has 2 rings (SSSR count). The van der Waals surface area contributed by atoms with E-state index in [0.717, 1.165) is 18.1 Å². The second-order valence-electron chi connectivity index (χ2n) is 4.24. The van der Waals surface area contributed by atoms with Gasteiger partial charge >= 0.3 is 0 Å². The second kappa shape index (κ2) is 5.87. The van der Waals surface area contributed by atoms with Crippen molar-refractivity contribution in [3.05, 3.63) is 18.0 Å². The van der Waals surface area contributed by atoms with Crippen LogP contribution in [0.1, 0.15) is 31.4 Å². The van der Waals surface area contributed by atoms with Crippen molar-refractivity contribution in [2.75, 3.05) is 11.6 Å². The number of hydrogen-bond donors (Lipinski definition) is 1. The van der Waals surface area contributed by atoms with Crippen molar-refractivity contribution < 1.29 is 0 Å². The maximum absolute atomic E-state index is 8.78. The van der Waals surface area contributed by atoms with Crippen LogP contribution in [-0.2, 0) is 0 Å². The van der Waals surface area contributed by atoms with Gasteiger partial charge in [0.05, 0.1) is 0 Å². The van der Waals surface area contributed by atoms with E-state index in [9.17, 15) is 0 Å². The summed E-state index contributed by atoms with van der Waals surface area (Å²) in [6.45, 7) is 0. The van der Waals surface area contributed by atoms with Crippen molar-refractivity contribution in [1.29, 1.82) is 5.26 Å². The molecule has 0 bridgehead atoms. The highest BCUT2D eigenvalue weighted by Gasteiger charge is 2.21. The predicted octanol–water partition coefficient (Wildman–Crippen LogP) is 2.43. The topological polar surface area (TPSA) is 61.6 Å². The fourth-order valence-electron chi connectivity index (χ4n) is 2.16. The Hall–Kier alpha value is -1.28. The minimum Gasteiger partial charge on any atom is -0.351 e. The zero-order chi connectivity index (χ0) is 12.1. The molecule has 0 aliphatic heterocycles. The summed E-state index contributed by atoms with van der Waals surface area (Å²) in [5.74, 6) is 0.579. The summed E-state index contributed by atoms with van der Waals surface area (Å²) >= 11 is 1.93. The summed E-state index contributed by atoms with van der Waals surface area (Å²) in [5, 5.41) is 12.8. The van der Waals surface area contributed by atoms with E-state index in [-0.39, 0.29) is 0 Å². The number of anilines is 1. The van der Waals surface area contributed by atoms with Gasteiger partial charge in [-0.15, -0.1) is 0 Å². The van der Waals surface area contributed by atoms with E-state index >= 15 is 0 Å². The summed E-state index contributed by atoms with van der Waals surface area (Å²) < 4.78 is 0. The lowest BCUT2D eigenvalue weighted by Crippen LogP contribution is -2.29. The zero-order valence-corrected chi connectivity index (χ0v) is 10.7. The third-order valence-corrected chi connectivity index (χ3v) is 4.16. The Morgan fingerprint density at radius 1 is 1.53 bits per heavy atom. The maximum atomic E-state index is 8.78. The van der Waals surface area contributed by atoms with Crippen molar-refractivity contribution in [3.8, 4) is 6.07 Å². The molecular formula is C12H16N4S. The van der Waals surface area contributed by atoms with Gasteiger partial charge in [-0.2, -0.15) is 17.0 Å². The van der Waals surface area contributed by atoms with Crippen molar-refractivity contribution in [1.82, 2.24) is 9.97 Å². The molecule has 1 aromatic heterocycles. The van der Waals surface area contributed by atoms with Crippen LogP contribution >= 0.6 is 11.8 Å². The Morgan fingerprint density at radius 2 is 2.41 bits per heavy atom. The monoisotopic (exact) mass is 248 g/mol. The summed E-state index contributed by atoms with van der Waals surface area (Å²) in [6.07, 6.45) is 8.67. The van der Waals surface area contributed by atoms with Gasteiger partial charge in [-0.1, -0.05) is 6.42 Å². The number of rotatable bonds is 3. The van der Waals surface area contributed by atoms with Gasteiger partial charge in [0.1, 0.15) is 11.8 Å². The summed E-state index contributed by atoms with van der Waals surface area (Å²) in [4.78, 5) is 8.30. The lowest BCUT2D eigenvalue weighted by molar-refractivity contribution is 0.471. The third-order valence-electron chi connectivity index (χ3n) is 3.06. The maximum Gasteiger partial charge on any atom is 0.224 e. The second-order valence-corrected chi connectivity index (χ2v) is 5.38. The molecular weight excluding hydrogens is 232 g/mol. The van der Waals surface area contributed by atoms with Gasteiger partial charge in [-0.25, -0.2) is 9.97 Å². The average molecular weight is 248 g/mol. The standard InChI is InChI=1S/C12H16N4S/c1-17-11-4-2-3-9(7-11)15-12-14-6-5-10(8-13)16-12/h5-6,9,11H,2-4,7H2,1H3,(H,14,15,16). The molecule has 4 nitrogen and oxygen atoms in total. The minimum atomic E-state index is 0.416. The van der Waals surface area contributed by atoms with Crippen LogP contribution < -0.4 is 5.32 Å². The van der Waals surface area contributed by atoms with Gasteiger partial charge in [0, 0.05) is 17.5 Å². The van der Waals surface area contributed by atoms with Crippen LogP contribution in [0, 0.1) is 11.3 Å². The summed E-state index contributed by atoms with van der Waals surface area (Å²) in [6, 6.07) is 4.09.